The highest BCUT2D eigenvalue weighted by Gasteiger charge is 2.28. The van der Waals surface area contributed by atoms with Crippen LogP contribution in [-0.2, 0) is 9.59 Å². The Morgan fingerprint density at radius 1 is 1.47 bits per heavy atom. The van der Waals surface area contributed by atoms with Crippen molar-refractivity contribution in [1.29, 1.82) is 0 Å². The highest BCUT2D eigenvalue weighted by atomic mass is 32.2. The van der Waals surface area contributed by atoms with Gasteiger partial charge in [-0.25, -0.2) is 0 Å². The van der Waals surface area contributed by atoms with Crippen molar-refractivity contribution >= 4 is 23.6 Å². The Morgan fingerprint density at radius 3 is 2.40 bits per heavy atom. The molecule has 88 valence electrons. The van der Waals surface area contributed by atoms with E-state index in [0.29, 0.717) is 6.42 Å². The molecule has 0 fully saturated rings. The predicted octanol–water partition coefficient (Wildman–Crippen LogP) is -0.553. The molecule has 0 spiro atoms. The Bertz CT molecular complexity index is 244. The molecule has 6 heteroatoms. The van der Waals surface area contributed by atoms with Gasteiger partial charge in [0.1, 0.15) is 5.54 Å². The van der Waals surface area contributed by atoms with Crippen molar-refractivity contribution < 1.29 is 9.59 Å². The number of hydrogen-bond donors (Lipinski definition) is 3. The van der Waals surface area contributed by atoms with Gasteiger partial charge >= 0.3 is 0 Å². The minimum atomic E-state index is -1.05. The largest absolute Gasteiger partial charge is 0.368 e. The molecule has 5 nitrogen and oxygen atoms in total. The van der Waals surface area contributed by atoms with E-state index < -0.39 is 17.5 Å². The molecule has 0 aromatic heterocycles. The van der Waals surface area contributed by atoms with Crippen LogP contribution in [0.2, 0.25) is 0 Å². The van der Waals surface area contributed by atoms with E-state index in [1.165, 1.54) is 0 Å². The summed E-state index contributed by atoms with van der Waals surface area (Å²) in [6.07, 6.45) is 2.53. The van der Waals surface area contributed by atoms with Crippen LogP contribution in [0.5, 0.6) is 0 Å². The summed E-state index contributed by atoms with van der Waals surface area (Å²) in [7, 11) is 0. The average molecular weight is 233 g/mol. The van der Waals surface area contributed by atoms with Crippen LogP contribution in [0, 0.1) is 0 Å². The summed E-state index contributed by atoms with van der Waals surface area (Å²) in [5, 5.41) is 2.52. The van der Waals surface area contributed by atoms with E-state index in [0.717, 1.165) is 5.75 Å². The topological polar surface area (TPSA) is 98.2 Å². The molecule has 1 atom stereocenters. The average Bonchev–Trinajstić information content (AvgIpc) is 2.13. The molecule has 0 aliphatic rings. The highest BCUT2D eigenvalue weighted by Crippen LogP contribution is 2.03. The second-order valence-electron chi connectivity index (χ2n) is 3.87. The number of carbonyl (C=O) groups is 2. The molecule has 0 unspecified atom stereocenters. The summed E-state index contributed by atoms with van der Waals surface area (Å²) in [4.78, 5) is 22.5. The third kappa shape index (κ3) is 5.03. The first-order chi connectivity index (χ1) is 6.81. The van der Waals surface area contributed by atoms with Gasteiger partial charge in [0.25, 0.3) is 0 Å². The van der Waals surface area contributed by atoms with Crippen molar-refractivity contribution in [2.45, 2.75) is 31.8 Å². The Balaban J connectivity index is 4.18. The van der Waals surface area contributed by atoms with E-state index >= 15 is 0 Å². The molecule has 0 aromatic carbocycles. The van der Waals surface area contributed by atoms with Gasteiger partial charge in [-0.1, -0.05) is 0 Å². The van der Waals surface area contributed by atoms with Gasteiger partial charge in [-0.3, -0.25) is 9.59 Å². The fourth-order valence-corrected chi connectivity index (χ4v) is 1.33. The number of nitrogens with one attached hydrogen (secondary N) is 1. The Labute approximate surface area is 94.3 Å². The van der Waals surface area contributed by atoms with Crippen LogP contribution in [0.25, 0.3) is 0 Å². The SMILES string of the molecule is CSCC[C@@H](N)C(=O)NC(C)(C)C(N)=O. The van der Waals surface area contributed by atoms with Crippen LogP contribution < -0.4 is 16.8 Å². The molecule has 0 heterocycles. The fourth-order valence-electron chi connectivity index (χ4n) is 0.838. The third-order valence-electron chi connectivity index (χ3n) is 2.02. The molecule has 0 aromatic rings. The van der Waals surface area contributed by atoms with Crippen molar-refractivity contribution in [3.8, 4) is 0 Å². The molecule has 0 aliphatic carbocycles. The monoisotopic (exact) mass is 233 g/mol. The molecule has 0 radical (unpaired) electrons. The molecule has 0 saturated carbocycles. The standard InChI is InChI=1S/C9H19N3O2S/c1-9(2,8(11)14)12-7(13)6(10)4-5-15-3/h6H,4-5,10H2,1-3H3,(H2,11,14)(H,12,13)/t6-/m1/s1. The van der Waals surface area contributed by atoms with Gasteiger partial charge in [0.15, 0.2) is 0 Å². The molecule has 15 heavy (non-hydrogen) atoms. The van der Waals surface area contributed by atoms with Gasteiger partial charge in [-0.15, -0.1) is 0 Å². The predicted molar refractivity (Wildman–Crippen MR) is 62.4 cm³/mol. The van der Waals surface area contributed by atoms with Crippen molar-refractivity contribution in [2.75, 3.05) is 12.0 Å². The highest BCUT2D eigenvalue weighted by molar-refractivity contribution is 7.98. The Hall–Kier alpha value is -0.750. The van der Waals surface area contributed by atoms with Gasteiger partial charge in [-0.05, 0) is 32.3 Å². The lowest BCUT2D eigenvalue weighted by Gasteiger charge is -2.24. The number of amides is 2. The maximum absolute atomic E-state index is 11.5. The molecule has 0 rings (SSSR count). The fraction of sp³-hybridized carbons (Fsp3) is 0.778. The van der Waals surface area contributed by atoms with E-state index in [1.54, 1.807) is 25.6 Å². The van der Waals surface area contributed by atoms with Crippen LogP contribution in [0.4, 0.5) is 0 Å². The second kappa shape index (κ2) is 5.97. The van der Waals surface area contributed by atoms with Crippen LogP contribution in [0.1, 0.15) is 20.3 Å². The first-order valence-electron chi connectivity index (χ1n) is 4.67. The smallest absolute Gasteiger partial charge is 0.242 e. The number of carbonyl (C=O) groups excluding carboxylic acids is 2. The lowest BCUT2D eigenvalue weighted by atomic mass is 10.0. The third-order valence-corrected chi connectivity index (χ3v) is 2.67. The van der Waals surface area contributed by atoms with Gasteiger partial charge in [0, 0.05) is 0 Å². The van der Waals surface area contributed by atoms with Crippen molar-refractivity contribution in [2.24, 2.45) is 11.5 Å². The van der Waals surface area contributed by atoms with E-state index in [2.05, 4.69) is 5.32 Å². The summed E-state index contributed by atoms with van der Waals surface area (Å²) in [6.45, 7) is 3.10. The van der Waals surface area contributed by atoms with Crippen LogP contribution in [-0.4, -0.2) is 35.4 Å². The number of hydrogen-bond acceptors (Lipinski definition) is 4. The second-order valence-corrected chi connectivity index (χ2v) is 4.85. The summed E-state index contributed by atoms with van der Waals surface area (Å²) in [5.41, 5.74) is 9.71. The number of primary amides is 1. The molecular weight excluding hydrogens is 214 g/mol. The van der Waals surface area contributed by atoms with Crippen molar-refractivity contribution in [1.82, 2.24) is 5.32 Å². The van der Waals surface area contributed by atoms with E-state index in [9.17, 15) is 9.59 Å². The zero-order valence-corrected chi connectivity index (χ0v) is 10.2. The zero-order chi connectivity index (χ0) is 12.1. The number of rotatable bonds is 6. The van der Waals surface area contributed by atoms with E-state index in [-0.39, 0.29) is 5.91 Å². The van der Waals surface area contributed by atoms with E-state index in [1.807, 2.05) is 6.26 Å². The van der Waals surface area contributed by atoms with Gasteiger partial charge in [0.05, 0.1) is 6.04 Å². The summed E-state index contributed by atoms with van der Waals surface area (Å²) < 4.78 is 0. The Kier molecular flexibility index (Phi) is 5.67. The van der Waals surface area contributed by atoms with Crippen LogP contribution in [0.3, 0.4) is 0 Å². The van der Waals surface area contributed by atoms with Gasteiger partial charge in [0.2, 0.25) is 11.8 Å². The minimum absolute atomic E-state index is 0.340. The summed E-state index contributed by atoms with van der Waals surface area (Å²) in [5.74, 6) is -0.105. The molecular formula is C9H19N3O2S. The first kappa shape index (κ1) is 14.2. The van der Waals surface area contributed by atoms with Crippen molar-refractivity contribution in [3.63, 3.8) is 0 Å². The maximum Gasteiger partial charge on any atom is 0.242 e. The first-order valence-corrected chi connectivity index (χ1v) is 6.07. The quantitative estimate of drug-likeness (QED) is 0.573. The number of nitrogens with two attached hydrogens (primary N) is 2. The Morgan fingerprint density at radius 2 is 2.00 bits per heavy atom. The van der Waals surface area contributed by atoms with Gasteiger partial charge in [-0.2, -0.15) is 11.8 Å². The minimum Gasteiger partial charge on any atom is -0.368 e. The lowest BCUT2D eigenvalue weighted by molar-refractivity contribution is -0.131. The maximum atomic E-state index is 11.5. The molecule has 5 N–H and O–H groups in total. The van der Waals surface area contributed by atoms with Crippen molar-refractivity contribution in [3.05, 3.63) is 0 Å². The van der Waals surface area contributed by atoms with Crippen LogP contribution >= 0.6 is 11.8 Å². The molecule has 0 aliphatic heterocycles. The number of thioether (sulfide) groups is 1. The molecule has 0 bridgehead atoms. The summed E-state index contributed by atoms with van der Waals surface area (Å²) in [6, 6.07) is -0.587. The van der Waals surface area contributed by atoms with Crippen LogP contribution in [0.15, 0.2) is 0 Å². The molecule has 2 amide bonds. The normalized spacial score (nSPS) is 13.3. The summed E-state index contributed by atoms with van der Waals surface area (Å²) >= 11 is 1.62. The molecule has 0 saturated heterocycles. The lowest BCUT2D eigenvalue weighted by Crippen LogP contribution is -2.56. The van der Waals surface area contributed by atoms with Gasteiger partial charge < -0.3 is 16.8 Å². The van der Waals surface area contributed by atoms with E-state index in [4.69, 9.17) is 11.5 Å². The zero-order valence-electron chi connectivity index (χ0n) is 9.37.